The van der Waals surface area contributed by atoms with Crippen LogP contribution >= 0.6 is 0 Å². The van der Waals surface area contributed by atoms with Crippen LogP contribution in [0.1, 0.15) is 50.2 Å². The van der Waals surface area contributed by atoms with E-state index >= 15 is 0 Å². The molecule has 5 heteroatoms. The molecule has 2 aromatic carbocycles. The van der Waals surface area contributed by atoms with E-state index in [1.165, 1.54) is 13.8 Å². The SMILES string of the molecule is CC(=O)C(C(C)=O)[C@H]1CC[C@@H](C(c2ccc(N(C)C)cc2)c2ccc(N(C)C)cc2)C(=O)C1. The molecule has 0 radical (unpaired) electrons. The van der Waals surface area contributed by atoms with Crippen LogP contribution in [0.25, 0.3) is 0 Å². The Kier molecular flexibility index (Phi) is 7.72. The van der Waals surface area contributed by atoms with Crippen LogP contribution in [0.3, 0.4) is 0 Å². The molecule has 0 aliphatic heterocycles. The summed E-state index contributed by atoms with van der Waals surface area (Å²) in [7, 11) is 8.05. The summed E-state index contributed by atoms with van der Waals surface area (Å²) >= 11 is 0. The number of ketones is 3. The Bertz CT molecular complexity index is 927. The van der Waals surface area contributed by atoms with Gasteiger partial charge in [-0.3, -0.25) is 14.4 Å². The Balaban J connectivity index is 1.95. The van der Waals surface area contributed by atoms with Gasteiger partial charge in [0.25, 0.3) is 0 Å². The number of hydrogen-bond donors (Lipinski definition) is 0. The van der Waals surface area contributed by atoms with Gasteiger partial charge in [-0.2, -0.15) is 0 Å². The number of rotatable bonds is 8. The van der Waals surface area contributed by atoms with Gasteiger partial charge in [0.1, 0.15) is 17.3 Å². The molecule has 1 saturated carbocycles. The van der Waals surface area contributed by atoms with Crippen LogP contribution in [0.5, 0.6) is 0 Å². The summed E-state index contributed by atoms with van der Waals surface area (Å²) in [6.45, 7) is 2.92. The minimum absolute atomic E-state index is 0.0565. The molecule has 0 heterocycles. The molecule has 0 N–H and O–H groups in total. The zero-order valence-corrected chi connectivity index (χ0v) is 20.7. The van der Waals surface area contributed by atoms with Crippen molar-refractivity contribution in [2.45, 2.75) is 39.0 Å². The zero-order chi connectivity index (χ0) is 24.3. The quantitative estimate of drug-likeness (QED) is 0.547. The van der Waals surface area contributed by atoms with E-state index in [-0.39, 0.29) is 41.5 Å². The lowest BCUT2D eigenvalue weighted by Crippen LogP contribution is -2.37. The van der Waals surface area contributed by atoms with E-state index in [1.807, 2.05) is 28.2 Å². The van der Waals surface area contributed by atoms with Crippen molar-refractivity contribution < 1.29 is 14.4 Å². The summed E-state index contributed by atoms with van der Waals surface area (Å²) < 4.78 is 0. The predicted molar refractivity (Wildman–Crippen MR) is 134 cm³/mol. The van der Waals surface area contributed by atoms with Gasteiger partial charge in [-0.15, -0.1) is 0 Å². The normalized spacial score (nSPS) is 18.5. The maximum Gasteiger partial charge on any atom is 0.140 e. The minimum atomic E-state index is -0.660. The van der Waals surface area contributed by atoms with E-state index in [4.69, 9.17) is 0 Å². The average molecular weight is 449 g/mol. The van der Waals surface area contributed by atoms with E-state index in [0.717, 1.165) is 22.5 Å². The smallest absolute Gasteiger partial charge is 0.140 e. The fourth-order valence-electron chi connectivity index (χ4n) is 5.27. The number of nitrogens with zero attached hydrogens (tertiary/aromatic N) is 2. The van der Waals surface area contributed by atoms with E-state index < -0.39 is 5.92 Å². The molecule has 0 unspecified atom stereocenters. The Morgan fingerprint density at radius 3 is 1.52 bits per heavy atom. The number of carbonyl (C=O) groups excluding carboxylic acids is 3. The van der Waals surface area contributed by atoms with Crippen molar-refractivity contribution in [2.24, 2.45) is 17.8 Å². The Labute approximate surface area is 197 Å². The molecule has 0 amide bonds. The highest BCUT2D eigenvalue weighted by atomic mass is 16.2. The lowest BCUT2D eigenvalue weighted by atomic mass is 9.67. The largest absolute Gasteiger partial charge is 0.378 e. The van der Waals surface area contributed by atoms with Gasteiger partial charge in [-0.25, -0.2) is 0 Å². The Morgan fingerprint density at radius 2 is 1.18 bits per heavy atom. The molecule has 2 aromatic rings. The molecule has 1 aliphatic rings. The molecule has 3 rings (SSSR count). The van der Waals surface area contributed by atoms with E-state index in [2.05, 4.69) is 58.3 Å². The summed E-state index contributed by atoms with van der Waals surface area (Å²) in [4.78, 5) is 41.7. The fraction of sp³-hybridized carbons (Fsp3) is 0.464. The summed E-state index contributed by atoms with van der Waals surface area (Å²) in [5.74, 6) is -1.18. The second kappa shape index (κ2) is 10.3. The average Bonchev–Trinajstić information content (AvgIpc) is 2.75. The van der Waals surface area contributed by atoms with Crippen molar-refractivity contribution in [2.75, 3.05) is 38.0 Å². The first-order valence-electron chi connectivity index (χ1n) is 11.7. The van der Waals surface area contributed by atoms with E-state index in [9.17, 15) is 14.4 Å². The van der Waals surface area contributed by atoms with Crippen LogP contribution in [0.4, 0.5) is 11.4 Å². The number of anilines is 2. The lowest BCUT2D eigenvalue weighted by molar-refractivity contribution is -0.135. The van der Waals surface area contributed by atoms with Crippen LogP contribution in [0.15, 0.2) is 48.5 Å². The second-order valence-corrected chi connectivity index (χ2v) is 9.76. The van der Waals surface area contributed by atoms with Gasteiger partial charge in [-0.1, -0.05) is 24.3 Å². The van der Waals surface area contributed by atoms with Crippen molar-refractivity contribution in [3.8, 4) is 0 Å². The van der Waals surface area contributed by atoms with E-state index in [1.54, 1.807) is 0 Å². The number of carbonyl (C=O) groups is 3. The van der Waals surface area contributed by atoms with Gasteiger partial charge in [-0.05, 0) is 68.0 Å². The van der Waals surface area contributed by atoms with Crippen LogP contribution < -0.4 is 9.80 Å². The van der Waals surface area contributed by atoms with Gasteiger partial charge in [0.15, 0.2) is 0 Å². The molecule has 1 fully saturated rings. The fourth-order valence-corrected chi connectivity index (χ4v) is 5.27. The van der Waals surface area contributed by atoms with Crippen molar-refractivity contribution in [3.63, 3.8) is 0 Å². The third-order valence-electron chi connectivity index (χ3n) is 7.01. The van der Waals surface area contributed by atoms with Gasteiger partial charge in [0, 0.05) is 57.8 Å². The number of Topliss-reactive ketones (excluding diaryl/α,β-unsaturated/α-hetero) is 3. The van der Waals surface area contributed by atoms with Crippen molar-refractivity contribution in [1.29, 1.82) is 0 Å². The Hall–Kier alpha value is -2.95. The third-order valence-corrected chi connectivity index (χ3v) is 7.01. The standard InChI is InChI=1S/C28H36N2O3/c1-18(31)27(19(2)32)22-11-16-25(26(33)17-22)28(20-7-12-23(13-8-20)29(3)4)21-9-14-24(15-10-21)30(5)6/h7-10,12-15,22,25,27-28H,11,16-17H2,1-6H3/t22-,25+/m0/s1. The summed E-state index contributed by atoms with van der Waals surface area (Å²) in [6.07, 6.45) is 1.68. The van der Waals surface area contributed by atoms with Gasteiger partial charge in [0.2, 0.25) is 0 Å². The van der Waals surface area contributed by atoms with Crippen LogP contribution in [0.2, 0.25) is 0 Å². The lowest BCUT2D eigenvalue weighted by Gasteiger charge is -2.35. The van der Waals surface area contributed by atoms with Crippen molar-refractivity contribution >= 4 is 28.7 Å². The highest BCUT2D eigenvalue weighted by molar-refractivity contribution is 6.01. The second-order valence-electron chi connectivity index (χ2n) is 9.76. The predicted octanol–water partition coefficient (Wildman–Crippen LogP) is 4.73. The monoisotopic (exact) mass is 448 g/mol. The minimum Gasteiger partial charge on any atom is -0.378 e. The van der Waals surface area contributed by atoms with Crippen LogP contribution in [-0.2, 0) is 14.4 Å². The molecule has 0 bridgehead atoms. The van der Waals surface area contributed by atoms with Crippen molar-refractivity contribution in [1.82, 2.24) is 0 Å². The first-order valence-corrected chi connectivity index (χ1v) is 11.7. The highest BCUT2D eigenvalue weighted by Gasteiger charge is 2.40. The molecule has 5 nitrogen and oxygen atoms in total. The molecule has 2 atom stereocenters. The van der Waals surface area contributed by atoms with Crippen LogP contribution in [-0.4, -0.2) is 45.5 Å². The summed E-state index contributed by atoms with van der Waals surface area (Å²) in [5.41, 5.74) is 4.46. The Morgan fingerprint density at radius 1 is 0.758 bits per heavy atom. The summed E-state index contributed by atoms with van der Waals surface area (Å²) in [5, 5.41) is 0. The van der Waals surface area contributed by atoms with E-state index in [0.29, 0.717) is 12.8 Å². The molecule has 1 aliphatic carbocycles. The maximum absolute atomic E-state index is 13.5. The van der Waals surface area contributed by atoms with Gasteiger partial charge >= 0.3 is 0 Å². The maximum atomic E-state index is 13.5. The molecule has 0 spiro atoms. The first kappa shape index (κ1) is 24.7. The highest BCUT2D eigenvalue weighted by Crippen LogP contribution is 2.42. The zero-order valence-electron chi connectivity index (χ0n) is 20.7. The first-order chi connectivity index (χ1) is 15.6. The van der Waals surface area contributed by atoms with Gasteiger partial charge < -0.3 is 9.80 Å². The molecular formula is C28H36N2O3. The third kappa shape index (κ3) is 5.52. The van der Waals surface area contributed by atoms with Crippen molar-refractivity contribution in [3.05, 3.63) is 59.7 Å². The molecule has 0 saturated heterocycles. The molecular weight excluding hydrogens is 412 g/mol. The summed E-state index contributed by atoms with van der Waals surface area (Å²) in [6, 6.07) is 16.8. The number of benzene rings is 2. The topological polar surface area (TPSA) is 57.7 Å². The number of hydrogen-bond acceptors (Lipinski definition) is 5. The van der Waals surface area contributed by atoms with Gasteiger partial charge in [0.05, 0.1) is 5.92 Å². The molecule has 33 heavy (non-hydrogen) atoms. The van der Waals surface area contributed by atoms with Crippen LogP contribution in [0, 0.1) is 17.8 Å². The molecule has 176 valence electrons. The molecule has 0 aromatic heterocycles.